The second kappa shape index (κ2) is 15.9. The first-order valence-corrected chi connectivity index (χ1v) is 17.0. The molecule has 0 unspecified atom stereocenters. The van der Waals surface area contributed by atoms with Crippen molar-refractivity contribution in [2.75, 3.05) is 35.2 Å². The summed E-state index contributed by atoms with van der Waals surface area (Å²) in [6.45, 7) is 8.53. The molecular weight excluding hydrogens is 729 g/mol. The summed E-state index contributed by atoms with van der Waals surface area (Å²) in [7, 11) is -4.41. The van der Waals surface area contributed by atoms with E-state index in [0.717, 1.165) is 32.6 Å². The van der Waals surface area contributed by atoms with E-state index in [1.54, 1.807) is 23.1 Å². The molecule has 2 aliphatic heterocycles. The molecule has 2 N–H and O–H groups in total. The number of carboxylic acids is 2. The van der Waals surface area contributed by atoms with Gasteiger partial charge in [0, 0.05) is 23.9 Å². The van der Waals surface area contributed by atoms with E-state index in [1.807, 2.05) is 11.8 Å². The number of benzene rings is 1. The Kier molecular flexibility index (Phi) is 13.2. The van der Waals surface area contributed by atoms with Crippen molar-refractivity contribution in [2.45, 2.75) is 26.3 Å². The average molecular weight is 752 g/mol. The summed E-state index contributed by atoms with van der Waals surface area (Å²) < 4.78 is 34.3. The van der Waals surface area contributed by atoms with Crippen molar-refractivity contribution < 1.29 is 89.0 Å². The predicted octanol–water partition coefficient (Wildman–Crippen LogP) is -1.45. The van der Waals surface area contributed by atoms with E-state index in [1.165, 1.54) is 6.08 Å². The van der Waals surface area contributed by atoms with Crippen molar-refractivity contribution in [3.05, 3.63) is 60.0 Å². The van der Waals surface area contributed by atoms with Crippen LogP contribution >= 0.6 is 46.9 Å². The Morgan fingerprint density at radius 2 is 1.74 bits per heavy atom. The molecule has 0 spiro atoms. The number of allylic oxidation sites excluding steroid dienone is 1. The summed E-state index contributed by atoms with van der Waals surface area (Å²) in [5, 5.41) is 18.9. The Bertz CT molecular complexity index is 1990. The summed E-state index contributed by atoms with van der Waals surface area (Å²) >= 11 is 13.1. The van der Waals surface area contributed by atoms with Gasteiger partial charge in [-0.25, -0.2) is 13.3 Å². The fraction of sp³-hybridized carbons (Fsp3) is 0.308. The molecule has 1 fully saturated rings. The maximum Gasteiger partial charge on any atom is 1.00 e. The largest absolute Gasteiger partial charge is 1.00 e. The number of anilines is 2. The Morgan fingerprint density at radius 1 is 1.09 bits per heavy atom. The molecule has 1 saturated heterocycles. The molecule has 0 atom stereocenters. The van der Waals surface area contributed by atoms with Crippen molar-refractivity contribution in [3.63, 3.8) is 0 Å². The number of rotatable bonds is 11. The van der Waals surface area contributed by atoms with E-state index in [-0.39, 0.29) is 93.5 Å². The quantitative estimate of drug-likeness (QED) is 0.0895. The third-order valence-electron chi connectivity index (χ3n) is 6.56. The Balaban J connectivity index is 0.00000576. The van der Waals surface area contributed by atoms with E-state index in [9.17, 15) is 37.3 Å². The number of carboxylic acid groups (broad SMARTS) is 2. The number of fused-ring (bicyclic) bond motifs is 1. The minimum Gasteiger partial charge on any atom is -0.748 e. The second-order valence-electron chi connectivity index (χ2n) is 9.50. The number of thiocarbonyl (C=S) groups is 1. The van der Waals surface area contributed by atoms with Gasteiger partial charge in [-0.05, 0) is 44.1 Å². The number of nitrogens with zero attached hydrogens (tertiary/aromatic N) is 5. The zero-order valence-corrected chi connectivity index (χ0v) is 31.4. The zero-order valence-electron chi connectivity index (χ0n) is 24.3. The molecule has 3 heterocycles. The number of hydrogen-bond acceptors (Lipinski definition) is 12. The average Bonchev–Trinajstić information content (AvgIpc) is 3.52. The van der Waals surface area contributed by atoms with E-state index < -0.39 is 52.4 Å². The normalized spacial score (nSPS) is 17.0. The summed E-state index contributed by atoms with van der Waals surface area (Å²) in [5.74, 6) is -3.43. The van der Waals surface area contributed by atoms with E-state index in [2.05, 4.69) is 4.85 Å². The van der Waals surface area contributed by atoms with Crippen LogP contribution in [0.25, 0.3) is 15.8 Å². The Hall–Kier alpha value is -2.09. The monoisotopic (exact) mass is 751 g/mol. The standard InChI is InChI=1S/C26H24ClN5O9S4.K/c1-3-29-16-10-14(27)15(28-2)11-17(16)30(8-4-5-9-45(39,40)41)19(29)7-6-18-23(37)31(12-20(33)34)25(43-18)22-24(38)32(13-21(35)36)26(42)44-22;/h6-7,10-11H,3-5,8-9,12-13H2,1H3,(H,33,34)(H,35,36)(H,39,40,41);/q;+1/p-1/b18-6?,19-7?,25-22+;. The van der Waals surface area contributed by atoms with Crippen LogP contribution in [-0.2, 0) is 31.0 Å². The molecule has 2 aliphatic rings. The number of amides is 1. The molecule has 20 heteroatoms. The molecule has 14 nitrogen and oxygen atoms in total. The third-order valence-corrected chi connectivity index (χ3v) is 10.4. The zero-order chi connectivity index (χ0) is 33.2. The minimum atomic E-state index is -4.41. The molecule has 2 aromatic rings. The van der Waals surface area contributed by atoms with Crippen LogP contribution in [-0.4, -0.2) is 80.2 Å². The van der Waals surface area contributed by atoms with Crippen molar-refractivity contribution in [2.24, 2.45) is 0 Å². The number of unbranched alkanes of at least 4 members (excludes halogenated alkanes) is 1. The van der Waals surface area contributed by atoms with Crippen LogP contribution in [0.1, 0.15) is 19.8 Å². The van der Waals surface area contributed by atoms with Gasteiger partial charge in [-0.3, -0.25) is 28.6 Å². The molecule has 238 valence electrons. The number of aliphatic carboxylic acids is 2. The molecule has 1 aromatic carbocycles. The van der Waals surface area contributed by atoms with Gasteiger partial charge in [-0.1, -0.05) is 35.6 Å². The van der Waals surface area contributed by atoms with Crippen molar-refractivity contribution >= 4 is 107 Å². The molecule has 0 radical (unpaired) electrons. The van der Waals surface area contributed by atoms with Crippen LogP contribution in [0.2, 0.25) is 5.02 Å². The number of carbonyl (C=O) groups excluding carboxylic acids is 1. The maximum atomic E-state index is 13.4. The number of thioether (sulfide) groups is 1. The van der Waals surface area contributed by atoms with Gasteiger partial charge in [0.15, 0.2) is 0 Å². The molecule has 1 amide bonds. The van der Waals surface area contributed by atoms with Gasteiger partial charge in [-0.2, -0.15) is 0 Å². The molecule has 0 saturated carbocycles. The molecule has 46 heavy (non-hydrogen) atoms. The molecule has 4 rings (SSSR count). The van der Waals surface area contributed by atoms with Gasteiger partial charge in [0.05, 0.1) is 32.6 Å². The molecule has 0 aliphatic carbocycles. The first-order valence-electron chi connectivity index (χ1n) is 13.0. The topological polar surface area (TPSA) is 185 Å². The number of thiazole rings is 1. The van der Waals surface area contributed by atoms with Crippen LogP contribution in [0.4, 0.5) is 17.1 Å². The first kappa shape index (κ1) is 38.4. The van der Waals surface area contributed by atoms with E-state index >= 15 is 0 Å². The molecular formula is C26H23ClKN5O9S4. The van der Waals surface area contributed by atoms with Gasteiger partial charge in [0.25, 0.3) is 11.5 Å². The van der Waals surface area contributed by atoms with Crippen LogP contribution in [0.5, 0.6) is 0 Å². The van der Waals surface area contributed by atoms with Crippen LogP contribution in [0.15, 0.2) is 28.8 Å². The molecule has 1 aromatic heterocycles. The van der Waals surface area contributed by atoms with E-state index in [0.29, 0.717) is 30.2 Å². The first-order chi connectivity index (χ1) is 21.2. The minimum absolute atomic E-state index is 0. The van der Waals surface area contributed by atoms with Crippen LogP contribution in [0, 0.1) is 6.57 Å². The third kappa shape index (κ3) is 8.49. The number of hydrogen-bond donors (Lipinski definition) is 2. The van der Waals surface area contributed by atoms with Gasteiger partial charge in [-0.15, -0.1) is 11.3 Å². The van der Waals surface area contributed by atoms with Crippen LogP contribution in [0.3, 0.4) is 0 Å². The van der Waals surface area contributed by atoms with Crippen molar-refractivity contribution in [1.29, 1.82) is 0 Å². The number of carbonyl (C=O) groups is 3. The summed E-state index contributed by atoms with van der Waals surface area (Å²) in [6, 6.07) is 3.21. The van der Waals surface area contributed by atoms with Gasteiger partial charge in [0.1, 0.15) is 32.8 Å². The Morgan fingerprint density at radius 3 is 2.33 bits per heavy atom. The fourth-order valence-electron chi connectivity index (χ4n) is 4.68. The Labute approximate surface area is 323 Å². The van der Waals surface area contributed by atoms with Crippen molar-refractivity contribution in [3.8, 4) is 0 Å². The number of halogens is 1. The summed E-state index contributed by atoms with van der Waals surface area (Å²) in [6.07, 6.45) is 3.42. The fourth-order valence-corrected chi connectivity index (χ4v) is 7.89. The second-order valence-corrected chi connectivity index (χ2v) is 14.1. The van der Waals surface area contributed by atoms with E-state index in [4.69, 9.17) is 35.5 Å². The predicted molar refractivity (Wildman–Crippen MR) is 173 cm³/mol. The van der Waals surface area contributed by atoms with Gasteiger partial charge in [0.2, 0.25) is 5.69 Å². The SMILES string of the molecule is [C-]#[N+]c1cc2c(cc1Cl)N(CC)C(=CC=c1s/c(=C3/SC(=S)N(CC(=O)O)C3=O)n(CC(=O)O)c1=O)N2CCCCS(=O)(=O)[O-].[K+]. The maximum absolute atomic E-state index is 13.4. The summed E-state index contributed by atoms with van der Waals surface area (Å²) in [5.41, 5.74) is 0.732. The van der Waals surface area contributed by atoms with Crippen molar-refractivity contribution in [1.82, 2.24) is 9.47 Å². The smallest absolute Gasteiger partial charge is 0.748 e. The van der Waals surface area contributed by atoms with Gasteiger partial charge >= 0.3 is 63.3 Å². The summed E-state index contributed by atoms with van der Waals surface area (Å²) in [4.78, 5) is 57.2. The molecule has 0 bridgehead atoms. The van der Waals surface area contributed by atoms with Gasteiger partial charge < -0.3 is 24.6 Å². The number of aromatic nitrogens is 1. The van der Waals surface area contributed by atoms with Crippen LogP contribution < -0.4 is 75.9 Å².